The fourth-order valence-corrected chi connectivity index (χ4v) is 1.83. The van der Waals surface area contributed by atoms with Gasteiger partial charge >= 0.3 is 0 Å². The summed E-state index contributed by atoms with van der Waals surface area (Å²) >= 11 is 0. The molecule has 0 aliphatic heterocycles. The Morgan fingerprint density at radius 1 is 1.38 bits per heavy atom. The highest BCUT2D eigenvalue weighted by Crippen LogP contribution is 2.30. The van der Waals surface area contributed by atoms with Gasteiger partial charge < -0.3 is 15.3 Å². The third kappa shape index (κ3) is 1.96. The lowest BCUT2D eigenvalue weighted by Crippen LogP contribution is -2.24. The molecule has 0 fully saturated rings. The third-order valence-corrected chi connectivity index (χ3v) is 2.83. The van der Waals surface area contributed by atoms with Gasteiger partial charge in [-0.1, -0.05) is 11.6 Å². The van der Waals surface area contributed by atoms with Gasteiger partial charge in [0.2, 0.25) is 0 Å². The first-order valence-electron chi connectivity index (χ1n) is 5.46. The number of hydrogen-bond donors (Lipinski definition) is 2. The molecule has 0 amide bonds. The Bertz CT molecular complexity index is 500. The SMILES string of the molecule is Cc1ccc2oc(C(C)(O)CCN)cc2c1. The molecule has 1 heterocycles. The van der Waals surface area contributed by atoms with Crippen LogP contribution in [0.2, 0.25) is 0 Å². The van der Waals surface area contributed by atoms with E-state index < -0.39 is 5.60 Å². The second-order valence-corrected chi connectivity index (χ2v) is 4.46. The number of rotatable bonds is 3. The second-order valence-electron chi connectivity index (χ2n) is 4.46. The molecule has 0 saturated carbocycles. The Balaban J connectivity index is 2.46. The van der Waals surface area contributed by atoms with Crippen LogP contribution in [0.4, 0.5) is 0 Å². The van der Waals surface area contributed by atoms with Crippen LogP contribution in [0.3, 0.4) is 0 Å². The predicted molar refractivity (Wildman–Crippen MR) is 64.2 cm³/mol. The van der Waals surface area contributed by atoms with E-state index in [1.165, 1.54) is 5.56 Å². The van der Waals surface area contributed by atoms with Gasteiger partial charge in [0.05, 0.1) is 0 Å². The maximum atomic E-state index is 10.2. The average Bonchev–Trinajstić information content (AvgIpc) is 2.61. The first kappa shape index (κ1) is 11.2. The normalized spacial score (nSPS) is 15.2. The van der Waals surface area contributed by atoms with E-state index in [0.717, 1.165) is 11.0 Å². The van der Waals surface area contributed by atoms with Gasteiger partial charge in [-0.2, -0.15) is 0 Å². The van der Waals surface area contributed by atoms with Crippen molar-refractivity contribution in [2.75, 3.05) is 6.54 Å². The van der Waals surface area contributed by atoms with Gasteiger partial charge in [0.1, 0.15) is 16.9 Å². The van der Waals surface area contributed by atoms with Gasteiger partial charge in [0.25, 0.3) is 0 Å². The molecule has 1 atom stereocenters. The largest absolute Gasteiger partial charge is 0.458 e. The molecule has 0 saturated heterocycles. The number of furan rings is 1. The minimum atomic E-state index is -0.984. The minimum Gasteiger partial charge on any atom is -0.458 e. The zero-order valence-electron chi connectivity index (χ0n) is 9.66. The molecule has 0 aliphatic rings. The van der Waals surface area contributed by atoms with E-state index in [1.807, 2.05) is 31.2 Å². The van der Waals surface area contributed by atoms with Crippen molar-refractivity contribution < 1.29 is 9.52 Å². The molecule has 2 rings (SSSR count). The lowest BCUT2D eigenvalue weighted by atomic mass is 9.99. The molecular formula is C13H17NO2. The first-order chi connectivity index (χ1) is 7.53. The van der Waals surface area contributed by atoms with Crippen LogP contribution in [0.25, 0.3) is 11.0 Å². The van der Waals surface area contributed by atoms with E-state index in [0.29, 0.717) is 18.7 Å². The second kappa shape index (κ2) is 3.92. The summed E-state index contributed by atoms with van der Waals surface area (Å²) in [5.41, 5.74) is 6.47. The van der Waals surface area contributed by atoms with Crippen LogP contribution < -0.4 is 5.73 Å². The molecule has 1 unspecified atom stereocenters. The summed E-state index contributed by atoms with van der Waals surface area (Å²) in [6.45, 7) is 4.19. The van der Waals surface area contributed by atoms with E-state index in [4.69, 9.17) is 10.2 Å². The van der Waals surface area contributed by atoms with E-state index in [-0.39, 0.29) is 0 Å². The van der Waals surface area contributed by atoms with Gasteiger partial charge in [-0.15, -0.1) is 0 Å². The number of aliphatic hydroxyl groups is 1. The van der Waals surface area contributed by atoms with Gasteiger partial charge in [-0.05, 0) is 45.0 Å². The van der Waals surface area contributed by atoms with Crippen LogP contribution in [0.15, 0.2) is 28.7 Å². The number of aryl methyl sites for hydroxylation is 1. The van der Waals surface area contributed by atoms with Crippen LogP contribution in [-0.4, -0.2) is 11.7 Å². The molecule has 3 N–H and O–H groups in total. The van der Waals surface area contributed by atoms with Crippen molar-refractivity contribution in [3.05, 3.63) is 35.6 Å². The minimum absolute atomic E-state index is 0.434. The van der Waals surface area contributed by atoms with Crippen molar-refractivity contribution in [2.45, 2.75) is 25.9 Å². The van der Waals surface area contributed by atoms with Gasteiger partial charge in [0.15, 0.2) is 0 Å². The number of nitrogens with two attached hydrogens (primary N) is 1. The van der Waals surface area contributed by atoms with Crippen LogP contribution in [0.1, 0.15) is 24.7 Å². The maximum absolute atomic E-state index is 10.2. The lowest BCUT2D eigenvalue weighted by molar-refractivity contribution is 0.0293. The molecule has 0 aliphatic carbocycles. The monoisotopic (exact) mass is 219 g/mol. The highest BCUT2D eigenvalue weighted by molar-refractivity contribution is 5.78. The summed E-state index contributed by atoms with van der Waals surface area (Å²) in [5.74, 6) is 0.582. The van der Waals surface area contributed by atoms with Crippen molar-refractivity contribution in [3.63, 3.8) is 0 Å². The molecular weight excluding hydrogens is 202 g/mol. The van der Waals surface area contributed by atoms with E-state index >= 15 is 0 Å². The first-order valence-corrected chi connectivity index (χ1v) is 5.46. The quantitative estimate of drug-likeness (QED) is 0.832. The fourth-order valence-electron chi connectivity index (χ4n) is 1.83. The molecule has 16 heavy (non-hydrogen) atoms. The van der Waals surface area contributed by atoms with Crippen LogP contribution in [0.5, 0.6) is 0 Å². The molecule has 0 spiro atoms. The molecule has 1 aromatic heterocycles. The van der Waals surface area contributed by atoms with Crippen molar-refractivity contribution in [3.8, 4) is 0 Å². The Morgan fingerprint density at radius 2 is 2.12 bits per heavy atom. The highest BCUT2D eigenvalue weighted by Gasteiger charge is 2.26. The van der Waals surface area contributed by atoms with Gasteiger partial charge in [-0.25, -0.2) is 0 Å². The number of hydrogen-bond acceptors (Lipinski definition) is 3. The lowest BCUT2D eigenvalue weighted by Gasteiger charge is -2.19. The Morgan fingerprint density at radius 3 is 2.81 bits per heavy atom. The van der Waals surface area contributed by atoms with Crippen molar-refractivity contribution in [2.24, 2.45) is 5.73 Å². The summed E-state index contributed by atoms with van der Waals surface area (Å²) in [6, 6.07) is 7.85. The van der Waals surface area contributed by atoms with Crippen molar-refractivity contribution >= 4 is 11.0 Å². The fraction of sp³-hybridized carbons (Fsp3) is 0.385. The summed E-state index contributed by atoms with van der Waals surface area (Å²) in [7, 11) is 0. The zero-order chi connectivity index (χ0) is 11.8. The highest BCUT2D eigenvalue weighted by atomic mass is 16.4. The number of benzene rings is 1. The van der Waals surface area contributed by atoms with Crippen LogP contribution in [0, 0.1) is 6.92 Å². The predicted octanol–water partition coefficient (Wildman–Crippen LogP) is 2.30. The Kier molecular flexibility index (Phi) is 2.74. The van der Waals surface area contributed by atoms with E-state index in [1.54, 1.807) is 6.92 Å². The van der Waals surface area contributed by atoms with Gasteiger partial charge in [0, 0.05) is 5.39 Å². The Hall–Kier alpha value is -1.32. The van der Waals surface area contributed by atoms with E-state index in [9.17, 15) is 5.11 Å². The van der Waals surface area contributed by atoms with Crippen LogP contribution >= 0.6 is 0 Å². The van der Waals surface area contributed by atoms with Crippen molar-refractivity contribution in [1.82, 2.24) is 0 Å². The molecule has 3 nitrogen and oxygen atoms in total. The Labute approximate surface area is 94.9 Å². The maximum Gasteiger partial charge on any atom is 0.136 e. The third-order valence-electron chi connectivity index (χ3n) is 2.83. The average molecular weight is 219 g/mol. The summed E-state index contributed by atoms with van der Waals surface area (Å²) in [5, 5.41) is 11.2. The summed E-state index contributed by atoms with van der Waals surface area (Å²) in [6.07, 6.45) is 0.492. The molecule has 0 bridgehead atoms. The smallest absolute Gasteiger partial charge is 0.136 e. The molecule has 2 aromatic rings. The van der Waals surface area contributed by atoms with Crippen molar-refractivity contribution in [1.29, 1.82) is 0 Å². The van der Waals surface area contributed by atoms with Crippen LogP contribution in [-0.2, 0) is 5.60 Å². The molecule has 3 heteroatoms. The number of fused-ring (bicyclic) bond motifs is 1. The standard InChI is InChI=1S/C13H17NO2/c1-9-3-4-11-10(7-9)8-12(16-11)13(2,15)5-6-14/h3-4,7-8,15H,5-6,14H2,1-2H3. The summed E-state index contributed by atoms with van der Waals surface area (Å²) in [4.78, 5) is 0. The topological polar surface area (TPSA) is 59.4 Å². The zero-order valence-corrected chi connectivity index (χ0v) is 9.66. The summed E-state index contributed by atoms with van der Waals surface area (Å²) < 4.78 is 5.63. The molecule has 86 valence electrons. The van der Waals surface area contributed by atoms with Gasteiger partial charge in [-0.3, -0.25) is 0 Å². The molecule has 0 radical (unpaired) electrons. The molecule has 1 aromatic carbocycles. The van der Waals surface area contributed by atoms with E-state index in [2.05, 4.69) is 0 Å².